The molecule has 5 nitrogen and oxygen atoms in total. The number of hydrogen-bond donors (Lipinski definition) is 1. The molecule has 134 valence electrons. The first-order valence-corrected chi connectivity index (χ1v) is 9.47. The second-order valence-electron chi connectivity index (χ2n) is 7.56. The molecule has 3 aliphatic rings. The highest BCUT2D eigenvalue weighted by Crippen LogP contribution is 2.44. The van der Waals surface area contributed by atoms with Gasteiger partial charge in [-0.05, 0) is 68.2 Å². The average Bonchev–Trinajstić information content (AvgIpc) is 3.37. The van der Waals surface area contributed by atoms with Crippen LogP contribution in [0.3, 0.4) is 0 Å². The molecule has 25 heavy (non-hydrogen) atoms. The van der Waals surface area contributed by atoms with Gasteiger partial charge in [0.2, 0.25) is 0 Å². The molecule has 1 N–H and O–H groups in total. The molecule has 4 rings (SSSR count). The minimum atomic E-state index is -0.863. The highest BCUT2D eigenvalue weighted by Gasteiger charge is 2.46. The van der Waals surface area contributed by atoms with Crippen LogP contribution in [0.5, 0.6) is 0 Å². The first kappa shape index (κ1) is 16.7. The van der Waals surface area contributed by atoms with Gasteiger partial charge in [0.15, 0.2) is 0 Å². The molecule has 0 bridgehead atoms. The number of carbonyl (C=O) groups excluding carboxylic acids is 1. The van der Waals surface area contributed by atoms with Crippen LogP contribution >= 0.6 is 11.6 Å². The molecule has 2 saturated heterocycles. The average molecular weight is 363 g/mol. The summed E-state index contributed by atoms with van der Waals surface area (Å²) in [5, 5.41) is 9.92. The van der Waals surface area contributed by atoms with Crippen molar-refractivity contribution in [3.8, 4) is 0 Å². The summed E-state index contributed by atoms with van der Waals surface area (Å²) in [5.41, 5.74) is 1.64. The molecular weight excluding hydrogens is 340 g/mol. The fraction of sp³-hybridized carbons (Fsp3) is 0.579. The van der Waals surface area contributed by atoms with Crippen molar-refractivity contribution >= 4 is 23.6 Å². The lowest BCUT2D eigenvalue weighted by Gasteiger charge is -2.44. The molecule has 1 spiro atoms. The van der Waals surface area contributed by atoms with Crippen LogP contribution in [0.15, 0.2) is 18.2 Å². The summed E-state index contributed by atoms with van der Waals surface area (Å²) in [7, 11) is 0. The predicted molar refractivity (Wildman–Crippen MR) is 95.3 cm³/mol. The Kier molecular flexibility index (Phi) is 4.14. The van der Waals surface area contributed by atoms with Gasteiger partial charge in [-0.2, -0.15) is 0 Å². The van der Waals surface area contributed by atoms with Crippen LogP contribution in [0.2, 0.25) is 5.02 Å². The molecule has 1 aromatic rings. The molecule has 2 aliphatic heterocycles. The number of likely N-dealkylation sites (tertiary alicyclic amines) is 2. The first-order valence-electron chi connectivity index (χ1n) is 9.09. The predicted octanol–water partition coefficient (Wildman–Crippen LogP) is 3.97. The van der Waals surface area contributed by atoms with Gasteiger partial charge < -0.3 is 14.9 Å². The van der Waals surface area contributed by atoms with Crippen LogP contribution in [0.4, 0.5) is 4.79 Å². The van der Waals surface area contributed by atoms with E-state index in [0.29, 0.717) is 24.6 Å². The van der Waals surface area contributed by atoms with E-state index in [9.17, 15) is 9.59 Å². The van der Waals surface area contributed by atoms with Gasteiger partial charge in [-0.1, -0.05) is 11.6 Å². The number of nitrogens with zero attached hydrogens (tertiary/aromatic N) is 2. The van der Waals surface area contributed by atoms with E-state index in [-0.39, 0.29) is 11.4 Å². The molecule has 1 aromatic carbocycles. The number of rotatable bonds is 2. The summed E-state index contributed by atoms with van der Waals surface area (Å²) in [6, 6.07) is 5.65. The van der Waals surface area contributed by atoms with E-state index >= 15 is 0 Å². The van der Waals surface area contributed by atoms with Crippen LogP contribution in [0.25, 0.3) is 0 Å². The zero-order valence-electron chi connectivity index (χ0n) is 14.2. The van der Waals surface area contributed by atoms with Crippen molar-refractivity contribution in [3.05, 3.63) is 34.3 Å². The largest absolute Gasteiger partial charge is 0.465 e. The van der Waals surface area contributed by atoms with Gasteiger partial charge in [0.1, 0.15) is 0 Å². The maximum Gasteiger partial charge on any atom is 0.407 e. The second kappa shape index (κ2) is 6.20. The summed E-state index contributed by atoms with van der Waals surface area (Å²) >= 11 is 6.30. The van der Waals surface area contributed by atoms with Crippen LogP contribution in [-0.4, -0.2) is 52.1 Å². The topological polar surface area (TPSA) is 60.9 Å². The van der Waals surface area contributed by atoms with E-state index < -0.39 is 6.09 Å². The van der Waals surface area contributed by atoms with Crippen molar-refractivity contribution in [1.29, 1.82) is 0 Å². The third-order valence-corrected chi connectivity index (χ3v) is 6.41. The number of benzene rings is 1. The molecule has 1 saturated carbocycles. The summed E-state index contributed by atoms with van der Waals surface area (Å²) in [4.78, 5) is 27.8. The maximum atomic E-state index is 13.2. The molecule has 3 fully saturated rings. The lowest BCUT2D eigenvalue weighted by Crippen LogP contribution is -2.54. The lowest BCUT2D eigenvalue weighted by atomic mass is 9.84. The van der Waals surface area contributed by atoms with Gasteiger partial charge in [0.25, 0.3) is 5.91 Å². The zero-order valence-corrected chi connectivity index (χ0v) is 15.0. The Morgan fingerprint density at radius 1 is 1.12 bits per heavy atom. The van der Waals surface area contributed by atoms with Crippen LogP contribution in [0, 0.1) is 0 Å². The van der Waals surface area contributed by atoms with E-state index in [1.807, 2.05) is 23.1 Å². The highest BCUT2D eigenvalue weighted by molar-refractivity contribution is 6.31. The van der Waals surface area contributed by atoms with E-state index in [0.717, 1.165) is 55.7 Å². The van der Waals surface area contributed by atoms with Crippen molar-refractivity contribution < 1.29 is 14.7 Å². The first-order chi connectivity index (χ1) is 12.0. The number of halogens is 1. The molecular formula is C19H23ClN2O3. The van der Waals surface area contributed by atoms with Gasteiger partial charge in [-0.3, -0.25) is 4.79 Å². The monoisotopic (exact) mass is 362 g/mol. The van der Waals surface area contributed by atoms with Crippen molar-refractivity contribution in [2.24, 2.45) is 0 Å². The van der Waals surface area contributed by atoms with Gasteiger partial charge >= 0.3 is 6.09 Å². The van der Waals surface area contributed by atoms with Crippen molar-refractivity contribution in [2.45, 2.75) is 50.0 Å². The van der Waals surface area contributed by atoms with E-state index in [2.05, 4.69) is 0 Å². The summed E-state index contributed by atoms with van der Waals surface area (Å²) in [5.74, 6) is 0.575. The molecule has 2 amide bonds. The Morgan fingerprint density at radius 2 is 1.84 bits per heavy atom. The minimum Gasteiger partial charge on any atom is -0.465 e. The highest BCUT2D eigenvalue weighted by atomic mass is 35.5. The number of amides is 2. The third-order valence-electron chi connectivity index (χ3n) is 6.07. The standard InChI is InChI=1S/C19H23ClN2O3/c20-16-5-4-14(12-15(16)13-2-3-13)17(23)22-9-1-6-19(22)7-10-21(11-8-19)18(24)25/h4-5,12-13H,1-3,6-11H2,(H,24,25). The number of carbonyl (C=O) groups is 2. The van der Waals surface area contributed by atoms with Crippen LogP contribution < -0.4 is 0 Å². The third kappa shape index (κ3) is 2.99. The van der Waals surface area contributed by atoms with Gasteiger partial charge in [0, 0.05) is 35.8 Å². The number of carboxylic acid groups (broad SMARTS) is 1. The molecule has 0 radical (unpaired) electrons. The fourth-order valence-corrected chi connectivity index (χ4v) is 4.70. The zero-order chi connectivity index (χ0) is 17.6. The molecule has 6 heteroatoms. The molecule has 2 heterocycles. The van der Waals surface area contributed by atoms with Crippen LogP contribution in [-0.2, 0) is 0 Å². The minimum absolute atomic E-state index is 0.0693. The Hall–Kier alpha value is -1.75. The SMILES string of the molecule is O=C(O)N1CCC2(CCCN2C(=O)c2ccc(Cl)c(C3CC3)c2)CC1. The summed E-state index contributed by atoms with van der Waals surface area (Å²) in [6.07, 6.45) is 4.85. The second-order valence-corrected chi connectivity index (χ2v) is 7.97. The molecule has 0 atom stereocenters. The maximum absolute atomic E-state index is 13.2. The number of piperidine rings is 1. The van der Waals surface area contributed by atoms with E-state index in [4.69, 9.17) is 16.7 Å². The van der Waals surface area contributed by atoms with Crippen molar-refractivity contribution in [1.82, 2.24) is 9.80 Å². The quantitative estimate of drug-likeness (QED) is 0.866. The van der Waals surface area contributed by atoms with Gasteiger partial charge in [0.05, 0.1) is 0 Å². The van der Waals surface area contributed by atoms with Crippen LogP contribution in [0.1, 0.15) is 60.4 Å². The fourth-order valence-electron chi connectivity index (χ4n) is 4.43. The Labute approximate surface area is 152 Å². The Morgan fingerprint density at radius 3 is 2.48 bits per heavy atom. The molecule has 0 aromatic heterocycles. The van der Waals surface area contributed by atoms with E-state index in [1.165, 1.54) is 4.90 Å². The normalized spacial score (nSPS) is 22.4. The lowest BCUT2D eigenvalue weighted by molar-refractivity contribution is 0.0381. The summed E-state index contributed by atoms with van der Waals surface area (Å²) < 4.78 is 0. The summed E-state index contributed by atoms with van der Waals surface area (Å²) in [6.45, 7) is 1.77. The Bertz CT molecular complexity index is 709. The number of hydrogen-bond acceptors (Lipinski definition) is 2. The van der Waals surface area contributed by atoms with Crippen molar-refractivity contribution in [2.75, 3.05) is 19.6 Å². The molecule has 0 unspecified atom stereocenters. The molecule has 1 aliphatic carbocycles. The van der Waals surface area contributed by atoms with Crippen molar-refractivity contribution in [3.63, 3.8) is 0 Å². The Balaban J connectivity index is 1.55. The van der Waals surface area contributed by atoms with E-state index in [1.54, 1.807) is 0 Å². The van der Waals surface area contributed by atoms with Gasteiger partial charge in [-0.15, -0.1) is 0 Å². The van der Waals surface area contributed by atoms with Gasteiger partial charge in [-0.25, -0.2) is 4.79 Å². The smallest absolute Gasteiger partial charge is 0.407 e.